The van der Waals surface area contributed by atoms with Crippen LogP contribution in [0.2, 0.25) is 0 Å². The van der Waals surface area contributed by atoms with E-state index in [-0.39, 0.29) is 27.2 Å². The Kier molecular flexibility index (Phi) is 6.45. The average molecular weight is 441 g/mol. The molecule has 0 bridgehead atoms. The molecule has 0 saturated carbocycles. The highest BCUT2D eigenvalue weighted by Gasteiger charge is 2.22. The minimum atomic E-state index is -1.22. The number of anilines is 1. The summed E-state index contributed by atoms with van der Waals surface area (Å²) >= 11 is 3.05. The molecule has 2 aromatic rings. The van der Waals surface area contributed by atoms with Gasteiger partial charge in [0.15, 0.2) is 6.10 Å². The maximum atomic E-state index is 13.1. The van der Waals surface area contributed by atoms with Crippen LogP contribution in [0.25, 0.3) is 0 Å². The van der Waals surface area contributed by atoms with Crippen molar-refractivity contribution in [3.63, 3.8) is 0 Å². The Hall–Kier alpha value is -3.01. The summed E-state index contributed by atoms with van der Waals surface area (Å²) in [4.78, 5) is 34.7. The highest BCUT2D eigenvalue weighted by atomic mass is 79.9. The van der Waals surface area contributed by atoms with E-state index in [1.807, 2.05) is 0 Å². The number of ether oxygens (including phenoxy) is 2. The van der Waals surface area contributed by atoms with Crippen LogP contribution in [-0.2, 0) is 9.53 Å². The smallest absolute Gasteiger partial charge is 0.340 e. The molecule has 0 fully saturated rings. The summed E-state index contributed by atoms with van der Waals surface area (Å²) in [6.07, 6.45) is -1.22. The Morgan fingerprint density at radius 2 is 1.96 bits per heavy atom. The standard InChI is InChI=1S/C17H14BrFN2O6/c1-9(27-17(23)12-5-3-10(19)7-13(12)18)16(22)20-14-8-11(21(24)25)4-6-15(14)26-2/h3-9H,1-2H3,(H,20,22). The first kappa shape index (κ1) is 20.3. The Morgan fingerprint density at radius 3 is 2.56 bits per heavy atom. The van der Waals surface area contributed by atoms with Gasteiger partial charge in [0, 0.05) is 16.6 Å². The van der Waals surface area contributed by atoms with E-state index >= 15 is 0 Å². The van der Waals surface area contributed by atoms with Crippen LogP contribution >= 0.6 is 15.9 Å². The number of esters is 1. The molecule has 0 saturated heterocycles. The number of nitrogens with zero attached hydrogens (tertiary/aromatic N) is 1. The van der Waals surface area contributed by atoms with E-state index in [4.69, 9.17) is 9.47 Å². The van der Waals surface area contributed by atoms with Gasteiger partial charge in [-0.2, -0.15) is 0 Å². The number of carbonyl (C=O) groups is 2. The first-order valence-electron chi connectivity index (χ1n) is 7.52. The van der Waals surface area contributed by atoms with Gasteiger partial charge >= 0.3 is 5.97 Å². The van der Waals surface area contributed by atoms with Crippen molar-refractivity contribution in [2.75, 3.05) is 12.4 Å². The first-order valence-corrected chi connectivity index (χ1v) is 8.31. The molecule has 1 atom stereocenters. The first-order chi connectivity index (χ1) is 12.7. The van der Waals surface area contributed by atoms with Gasteiger partial charge in [-0.3, -0.25) is 14.9 Å². The summed E-state index contributed by atoms with van der Waals surface area (Å²) in [6.45, 7) is 1.33. The minimum Gasteiger partial charge on any atom is -0.495 e. The number of rotatable bonds is 6. The van der Waals surface area contributed by atoms with Crippen molar-refractivity contribution in [1.82, 2.24) is 0 Å². The van der Waals surface area contributed by atoms with Crippen molar-refractivity contribution in [3.05, 3.63) is 62.4 Å². The van der Waals surface area contributed by atoms with E-state index in [1.54, 1.807) is 0 Å². The number of amides is 1. The predicted molar refractivity (Wildman–Crippen MR) is 97.3 cm³/mol. The zero-order valence-electron chi connectivity index (χ0n) is 14.2. The number of hydrogen-bond acceptors (Lipinski definition) is 6. The fourth-order valence-corrected chi connectivity index (χ4v) is 2.59. The number of carbonyl (C=O) groups excluding carboxylic acids is 2. The lowest BCUT2D eigenvalue weighted by molar-refractivity contribution is -0.384. The summed E-state index contributed by atoms with van der Waals surface area (Å²) in [5.41, 5.74) is -0.141. The van der Waals surface area contributed by atoms with Crippen molar-refractivity contribution < 1.29 is 28.4 Å². The number of methoxy groups -OCH3 is 1. The minimum absolute atomic E-state index is 0.0454. The van der Waals surface area contributed by atoms with E-state index in [0.29, 0.717) is 0 Å². The quantitative estimate of drug-likeness (QED) is 0.416. The maximum absolute atomic E-state index is 13.1. The molecule has 0 aliphatic rings. The van der Waals surface area contributed by atoms with Crippen LogP contribution in [0, 0.1) is 15.9 Å². The summed E-state index contributed by atoms with van der Waals surface area (Å²) in [7, 11) is 1.34. The molecule has 142 valence electrons. The lowest BCUT2D eigenvalue weighted by Crippen LogP contribution is -2.30. The van der Waals surface area contributed by atoms with Crippen LogP contribution in [-0.4, -0.2) is 30.0 Å². The second kappa shape index (κ2) is 8.58. The molecule has 0 aromatic heterocycles. The molecule has 0 heterocycles. The summed E-state index contributed by atoms with van der Waals surface area (Å²) in [5.74, 6) is -1.90. The number of nitrogens with one attached hydrogen (secondary N) is 1. The monoisotopic (exact) mass is 440 g/mol. The lowest BCUT2D eigenvalue weighted by atomic mass is 10.2. The zero-order valence-corrected chi connectivity index (χ0v) is 15.8. The fourth-order valence-electron chi connectivity index (χ4n) is 2.07. The third-order valence-electron chi connectivity index (χ3n) is 3.46. The van der Waals surface area contributed by atoms with Gasteiger partial charge in [-0.25, -0.2) is 9.18 Å². The number of nitro benzene ring substituents is 1. The number of hydrogen-bond donors (Lipinski definition) is 1. The molecule has 2 rings (SSSR count). The molecule has 0 aliphatic carbocycles. The van der Waals surface area contributed by atoms with Crippen molar-refractivity contribution in [3.8, 4) is 5.75 Å². The van der Waals surface area contributed by atoms with Crippen molar-refractivity contribution in [1.29, 1.82) is 0 Å². The Morgan fingerprint density at radius 1 is 1.26 bits per heavy atom. The van der Waals surface area contributed by atoms with Crippen molar-refractivity contribution in [2.45, 2.75) is 13.0 Å². The second-order valence-electron chi connectivity index (χ2n) is 5.30. The molecule has 27 heavy (non-hydrogen) atoms. The third kappa shape index (κ3) is 5.00. The molecule has 1 unspecified atom stereocenters. The third-order valence-corrected chi connectivity index (χ3v) is 4.11. The van der Waals surface area contributed by atoms with Crippen LogP contribution in [0.4, 0.5) is 15.8 Å². The van der Waals surface area contributed by atoms with Crippen LogP contribution in [0.3, 0.4) is 0 Å². The predicted octanol–water partition coefficient (Wildman–Crippen LogP) is 3.69. The number of halogens is 2. The van der Waals surface area contributed by atoms with Crippen LogP contribution in [0.1, 0.15) is 17.3 Å². The van der Waals surface area contributed by atoms with E-state index < -0.39 is 28.7 Å². The summed E-state index contributed by atoms with van der Waals surface area (Å²) < 4.78 is 23.4. The van der Waals surface area contributed by atoms with Gasteiger partial charge in [0.1, 0.15) is 11.6 Å². The molecule has 0 spiro atoms. The second-order valence-corrected chi connectivity index (χ2v) is 6.16. The SMILES string of the molecule is COc1ccc([N+](=O)[O-])cc1NC(=O)C(C)OC(=O)c1ccc(F)cc1Br. The number of non-ortho nitro benzene ring substituents is 1. The van der Waals surface area contributed by atoms with Gasteiger partial charge in [-0.15, -0.1) is 0 Å². The van der Waals surface area contributed by atoms with Gasteiger partial charge in [0.25, 0.3) is 11.6 Å². The molecule has 10 heteroatoms. The molecule has 1 N–H and O–H groups in total. The normalized spacial score (nSPS) is 11.4. The molecule has 0 radical (unpaired) electrons. The summed E-state index contributed by atoms with van der Waals surface area (Å²) in [6, 6.07) is 7.08. The number of benzene rings is 2. The topological polar surface area (TPSA) is 108 Å². The van der Waals surface area contributed by atoms with E-state index in [2.05, 4.69) is 21.2 Å². The Bertz CT molecular complexity index is 905. The van der Waals surface area contributed by atoms with Crippen LogP contribution in [0.15, 0.2) is 40.9 Å². The zero-order chi connectivity index (χ0) is 20.1. The van der Waals surface area contributed by atoms with E-state index in [9.17, 15) is 24.1 Å². The van der Waals surface area contributed by atoms with Gasteiger partial charge in [-0.1, -0.05) is 0 Å². The van der Waals surface area contributed by atoms with Gasteiger partial charge in [0.05, 0.1) is 23.3 Å². The highest BCUT2D eigenvalue weighted by molar-refractivity contribution is 9.10. The van der Waals surface area contributed by atoms with E-state index in [1.165, 1.54) is 32.2 Å². The molecule has 1 amide bonds. The Balaban J connectivity index is 2.12. The molecule has 8 nitrogen and oxygen atoms in total. The largest absolute Gasteiger partial charge is 0.495 e. The van der Waals surface area contributed by atoms with E-state index in [0.717, 1.165) is 18.2 Å². The molecule has 2 aromatic carbocycles. The molecular weight excluding hydrogens is 427 g/mol. The van der Waals surface area contributed by atoms with Crippen molar-refractivity contribution in [2.24, 2.45) is 0 Å². The molecular formula is C17H14BrFN2O6. The highest BCUT2D eigenvalue weighted by Crippen LogP contribution is 2.29. The maximum Gasteiger partial charge on any atom is 0.340 e. The fraction of sp³-hybridized carbons (Fsp3) is 0.176. The average Bonchev–Trinajstić information content (AvgIpc) is 2.61. The molecule has 0 aliphatic heterocycles. The lowest BCUT2D eigenvalue weighted by Gasteiger charge is -2.15. The van der Waals surface area contributed by atoms with Crippen LogP contribution < -0.4 is 10.1 Å². The van der Waals surface area contributed by atoms with Gasteiger partial charge in [-0.05, 0) is 47.1 Å². The van der Waals surface area contributed by atoms with Crippen molar-refractivity contribution >= 4 is 39.2 Å². The van der Waals surface area contributed by atoms with Gasteiger partial charge < -0.3 is 14.8 Å². The van der Waals surface area contributed by atoms with Gasteiger partial charge in [0.2, 0.25) is 0 Å². The Labute approximate surface area is 161 Å². The number of nitro groups is 1. The van der Waals surface area contributed by atoms with Crippen LogP contribution in [0.5, 0.6) is 5.75 Å². The summed E-state index contributed by atoms with van der Waals surface area (Å²) in [5, 5.41) is 13.3.